The summed E-state index contributed by atoms with van der Waals surface area (Å²) in [4.78, 5) is 13.4. The van der Waals surface area contributed by atoms with Crippen LogP contribution in [0.25, 0.3) is 0 Å². The summed E-state index contributed by atoms with van der Waals surface area (Å²) in [5, 5.41) is 9.31. The van der Waals surface area contributed by atoms with E-state index in [4.69, 9.17) is 0 Å². The highest BCUT2D eigenvalue weighted by Crippen LogP contribution is 2.67. The Morgan fingerprint density at radius 1 is 1.00 bits per heavy atom. The molecule has 4 rings (SSSR count). The number of ketones is 1. The normalized spacial score (nSPS) is 46.5. The zero-order valence-corrected chi connectivity index (χ0v) is 19.6. The van der Waals surface area contributed by atoms with Gasteiger partial charge in [-0.15, -0.1) is 0 Å². The van der Waals surface area contributed by atoms with Crippen LogP contribution in [0.1, 0.15) is 105 Å². The van der Waals surface area contributed by atoms with E-state index in [-0.39, 0.29) is 5.41 Å². The summed E-state index contributed by atoms with van der Waals surface area (Å²) in [6.07, 6.45) is 15.5. The van der Waals surface area contributed by atoms with Crippen LogP contribution in [-0.2, 0) is 4.79 Å². The Morgan fingerprint density at radius 3 is 2.55 bits per heavy atom. The Bertz CT molecular complexity index is 599. The zero-order valence-electron chi connectivity index (χ0n) is 19.6. The lowest BCUT2D eigenvalue weighted by Crippen LogP contribution is -2.54. The highest BCUT2D eigenvalue weighted by molar-refractivity contribution is 5.85. The first kappa shape index (κ1) is 21.8. The van der Waals surface area contributed by atoms with Gasteiger partial charge in [0.05, 0.1) is 0 Å². The molecular formula is C27H46O2. The van der Waals surface area contributed by atoms with Crippen molar-refractivity contribution in [2.45, 2.75) is 105 Å². The fourth-order valence-corrected chi connectivity index (χ4v) is 9.06. The van der Waals surface area contributed by atoms with Crippen molar-refractivity contribution in [1.29, 1.82) is 0 Å². The number of carbonyl (C=O) groups excluding carboxylic acids is 1. The van der Waals surface area contributed by atoms with Gasteiger partial charge < -0.3 is 5.11 Å². The molecule has 0 aliphatic heterocycles. The van der Waals surface area contributed by atoms with E-state index >= 15 is 0 Å². The van der Waals surface area contributed by atoms with Crippen molar-refractivity contribution in [1.82, 2.24) is 0 Å². The molecule has 4 aliphatic rings. The van der Waals surface area contributed by atoms with Gasteiger partial charge in [-0.3, -0.25) is 4.79 Å². The molecule has 4 saturated carbocycles. The lowest BCUT2D eigenvalue weighted by Gasteiger charge is -2.60. The summed E-state index contributed by atoms with van der Waals surface area (Å²) in [5.41, 5.74) is 0.769. The third-order valence-corrected chi connectivity index (χ3v) is 10.8. The van der Waals surface area contributed by atoms with Gasteiger partial charge in [0.1, 0.15) is 5.78 Å². The Hall–Kier alpha value is -0.370. The van der Waals surface area contributed by atoms with Gasteiger partial charge in [0.2, 0.25) is 0 Å². The van der Waals surface area contributed by atoms with Gasteiger partial charge in [0, 0.05) is 18.9 Å². The highest BCUT2D eigenvalue weighted by Gasteiger charge is 2.62. The number of aliphatic hydroxyl groups is 1. The number of hydrogen-bond donors (Lipinski definition) is 1. The lowest BCUT2D eigenvalue weighted by atomic mass is 9.44. The second kappa shape index (κ2) is 8.29. The topological polar surface area (TPSA) is 37.3 Å². The Kier molecular flexibility index (Phi) is 6.24. The molecule has 4 fully saturated rings. The molecule has 0 radical (unpaired) electrons. The number of Topliss-reactive ketones (excluding diaryl/α,β-unsaturated/α-hetero) is 1. The van der Waals surface area contributed by atoms with Gasteiger partial charge in [-0.05, 0) is 91.3 Å². The quantitative estimate of drug-likeness (QED) is 0.540. The molecule has 4 aliphatic carbocycles. The second-order valence-electron chi connectivity index (χ2n) is 12.3. The molecule has 166 valence electrons. The fourth-order valence-electron chi connectivity index (χ4n) is 9.06. The molecule has 9 atom stereocenters. The van der Waals surface area contributed by atoms with Gasteiger partial charge in [-0.1, -0.05) is 53.4 Å². The van der Waals surface area contributed by atoms with Crippen LogP contribution in [0.15, 0.2) is 0 Å². The summed E-state index contributed by atoms with van der Waals surface area (Å²) in [5.74, 6) is 5.03. The molecule has 0 aromatic carbocycles. The zero-order chi connectivity index (χ0) is 20.8. The maximum atomic E-state index is 13.4. The first-order valence-electron chi connectivity index (χ1n) is 12.9. The van der Waals surface area contributed by atoms with E-state index in [2.05, 4.69) is 27.7 Å². The van der Waals surface area contributed by atoms with Gasteiger partial charge in [-0.2, -0.15) is 0 Å². The number of carbonyl (C=O) groups is 1. The van der Waals surface area contributed by atoms with E-state index in [1.165, 1.54) is 64.2 Å². The minimum absolute atomic E-state index is 0.248. The van der Waals surface area contributed by atoms with Gasteiger partial charge in [0.25, 0.3) is 0 Å². The largest absolute Gasteiger partial charge is 0.396 e. The summed E-state index contributed by atoms with van der Waals surface area (Å²) in [6.45, 7) is 9.98. The van der Waals surface area contributed by atoms with Gasteiger partial charge in [0.15, 0.2) is 0 Å². The van der Waals surface area contributed by atoms with Crippen molar-refractivity contribution in [3.63, 3.8) is 0 Å². The molecule has 1 unspecified atom stereocenters. The summed E-state index contributed by atoms with van der Waals surface area (Å²) in [7, 11) is 0. The van der Waals surface area contributed by atoms with Crippen LogP contribution >= 0.6 is 0 Å². The molecule has 1 N–H and O–H groups in total. The maximum Gasteiger partial charge on any atom is 0.137 e. The maximum absolute atomic E-state index is 13.4. The molecule has 0 aromatic heterocycles. The minimum Gasteiger partial charge on any atom is -0.396 e. The predicted molar refractivity (Wildman–Crippen MR) is 119 cm³/mol. The van der Waals surface area contributed by atoms with Crippen molar-refractivity contribution in [2.24, 2.45) is 52.3 Å². The molecular weight excluding hydrogens is 356 g/mol. The van der Waals surface area contributed by atoms with E-state index in [0.717, 1.165) is 24.7 Å². The minimum atomic E-state index is 0.248. The molecule has 0 heterocycles. The van der Waals surface area contributed by atoms with Crippen LogP contribution < -0.4 is 0 Å². The summed E-state index contributed by atoms with van der Waals surface area (Å²) >= 11 is 0. The van der Waals surface area contributed by atoms with E-state index in [9.17, 15) is 9.90 Å². The molecule has 0 aromatic rings. The number of fused-ring (bicyclic) bond motifs is 5. The first-order valence-corrected chi connectivity index (χ1v) is 12.9. The van der Waals surface area contributed by atoms with Gasteiger partial charge >= 0.3 is 0 Å². The Labute approximate surface area is 179 Å². The first-order chi connectivity index (χ1) is 13.8. The summed E-state index contributed by atoms with van der Waals surface area (Å²) in [6, 6.07) is 0. The van der Waals surface area contributed by atoms with Crippen LogP contribution in [-0.4, -0.2) is 17.5 Å². The molecule has 2 nitrogen and oxygen atoms in total. The fraction of sp³-hybridized carbons (Fsp3) is 0.963. The average molecular weight is 403 g/mol. The second-order valence-corrected chi connectivity index (χ2v) is 12.3. The lowest BCUT2D eigenvalue weighted by molar-refractivity contribution is -0.141. The molecule has 0 amide bonds. The Balaban J connectivity index is 1.49. The number of rotatable bonds is 6. The van der Waals surface area contributed by atoms with E-state index in [1.807, 2.05) is 0 Å². The van der Waals surface area contributed by atoms with Crippen molar-refractivity contribution < 1.29 is 9.90 Å². The van der Waals surface area contributed by atoms with Crippen LogP contribution in [0.3, 0.4) is 0 Å². The third-order valence-electron chi connectivity index (χ3n) is 10.8. The van der Waals surface area contributed by atoms with E-state index in [0.29, 0.717) is 47.4 Å². The van der Waals surface area contributed by atoms with E-state index in [1.54, 1.807) is 0 Å². The van der Waals surface area contributed by atoms with Crippen LogP contribution in [0.2, 0.25) is 0 Å². The van der Waals surface area contributed by atoms with Crippen LogP contribution in [0.4, 0.5) is 0 Å². The molecule has 0 saturated heterocycles. The smallest absolute Gasteiger partial charge is 0.137 e. The van der Waals surface area contributed by atoms with Crippen molar-refractivity contribution in [3.05, 3.63) is 0 Å². The summed E-state index contributed by atoms with van der Waals surface area (Å²) < 4.78 is 0. The van der Waals surface area contributed by atoms with Crippen molar-refractivity contribution in [3.8, 4) is 0 Å². The standard InChI is InChI=1S/C27H46O2/c1-18(17-28)8-7-9-19(2)23-16-24(29)25-21-12-11-20-10-5-6-14-26(20,3)22(21)13-15-27(23,25)4/h18-23,25,28H,5-17H2,1-4H3/t18?,19-,20-,21-,22+,23-,25-,26+,27-/m1/s1. The predicted octanol–water partition coefficient (Wildman–Crippen LogP) is 6.65. The third kappa shape index (κ3) is 3.64. The van der Waals surface area contributed by atoms with Crippen LogP contribution in [0.5, 0.6) is 0 Å². The molecule has 2 heteroatoms. The average Bonchev–Trinajstić information content (AvgIpc) is 2.98. The number of hydrogen-bond acceptors (Lipinski definition) is 2. The molecule has 0 spiro atoms. The van der Waals surface area contributed by atoms with Gasteiger partial charge in [-0.25, -0.2) is 0 Å². The number of aliphatic hydroxyl groups excluding tert-OH is 1. The highest BCUT2D eigenvalue weighted by atomic mass is 16.3. The SMILES string of the molecule is CC(CO)CCC[C@@H](C)[C@H]1CC(=O)[C@H]2[C@@H]3CC[C@H]4CCCC[C@]4(C)[C@H]3CC[C@]12C. The molecule has 0 bridgehead atoms. The molecule has 29 heavy (non-hydrogen) atoms. The van der Waals surface area contributed by atoms with Crippen LogP contribution in [0, 0.1) is 52.3 Å². The van der Waals surface area contributed by atoms with Crippen molar-refractivity contribution in [2.75, 3.05) is 6.61 Å². The monoisotopic (exact) mass is 402 g/mol. The van der Waals surface area contributed by atoms with E-state index < -0.39 is 0 Å². The Morgan fingerprint density at radius 2 is 1.79 bits per heavy atom. The van der Waals surface area contributed by atoms with Crippen molar-refractivity contribution >= 4 is 5.78 Å².